The minimum Gasteiger partial charge on any atom is -0.339 e. The fourth-order valence-electron chi connectivity index (χ4n) is 2.24. The number of benzene rings is 2. The quantitative estimate of drug-likeness (QED) is 0.750. The van der Waals surface area contributed by atoms with Gasteiger partial charge in [0.2, 0.25) is 5.95 Å². The third-order valence-corrected chi connectivity index (χ3v) is 3.40. The summed E-state index contributed by atoms with van der Waals surface area (Å²) in [4.78, 5) is 4.18. The molecular weight excluding hydrogens is 312 g/mol. The van der Waals surface area contributed by atoms with Gasteiger partial charge in [-0.3, -0.25) is 0 Å². The molecule has 0 aliphatic rings. The Morgan fingerprint density at radius 3 is 2.42 bits per heavy atom. The van der Waals surface area contributed by atoms with Crippen molar-refractivity contribution in [2.45, 2.75) is 13.8 Å². The highest BCUT2D eigenvalue weighted by Crippen LogP contribution is 2.23. The predicted molar refractivity (Wildman–Crippen MR) is 88.7 cm³/mol. The molecule has 0 saturated heterocycles. The normalized spacial score (nSPS) is 10.5. The van der Waals surface area contributed by atoms with Crippen LogP contribution in [-0.4, -0.2) is 15.2 Å². The molecule has 122 valence electrons. The molecular formula is C17H15F2N5. The maximum Gasteiger partial charge on any atom is 0.249 e. The van der Waals surface area contributed by atoms with Gasteiger partial charge in [-0.05, 0) is 37.6 Å². The molecule has 0 bridgehead atoms. The van der Waals surface area contributed by atoms with Gasteiger partial charge in [0.15, 0.2) is 5.82 Å². The minimum atomic E-state index is -0.730. The van der Waals surface area contributed by atoms with Crippen LogP contribution in [0.25, 0.3) is 0 Å². The van der Waals surface area contributed by atoms with E-state index in [1.165, 1.54) is 12.3 Å². The second-order valence-corrected chi connectivity index (χ2v) is 5.33. The topological polar surface area (TPSA) is 62.7 Å². The Bertz CT molecular complexity index is 862. The van der Waals surface area contributed by atoms with Gasteiger partial charge in [-0.15, -0.1) is 5.10 Å². The largest absolute Gasteiger partial charge is 0.339 e. The van der Waals surface area contributed by atoms with Crippen LogP contribution < -0.4 is 10.6 Å². The van der Waals surface area contributed by atoms with Crippen LogP contribution in [-0.2, 0) is 0 Å². The number of nitrogens with zero attached hydrogens (tertiary/aromatic N) is 3. The average molecular weight is 327 g/mol. The Balaban J connectivity index is 1.84. The average Bonchev–Trinajstić information content (AvgIpc) is 2.54. The van der Waals surface area contributed by atoms with Crippen molar-refractivity contribution in [2.75, 3.05) is 10.6 Å². The molecule has 0 spiro atoms. The number of para-hydroxylation sites is 1. The third-order valence-electron chi connectivity index (χ3n) is 3.40. The lowest BCUT2D eigenvalue weighted by Gasteiger charge is -2.11. The van der Waals surface area contributed by atoms with E-state index in [4.69, 9.17) is 0 Å². The number of aryl methyl sites for hydroxylation is 2. The molecule has 1 heterocycles. The highest BCUT2D eigenvalue weighted by atomic mass is 19.1. The number of rotatable bonds is 4. The highest BCUT2D eigenvalue weighted by Gasteiger charge is 2.11. The molecule has 3 rings (SSSR count). The minimum absolute atomic E-state index is 0.00577. The Kier molecular flexibility index (Phi) is 4.33. The molecule has 0 unspecified atom stereocenters. The lowest BCUT2D eigenvalue weighted by Crippen LogP contribution is -2.05. The Morgan fingerprint density at radius 1 is 0.958 bits per heavy atom. The van der Waals surface area contributed by atoms with Gasteiger partial charge in [-0.2, -0.15) is 10.1 Å². The van der Waals surface area contributed by atoms with Crippen LogP contribution in [0.15, 0.2) is 42.6 Å². The number of hydrogen-bond donors (Lipinski definition) is 2. The molecule has 0 fully saturated rings. The SMILES string of the molecule is Cc1ccc(Nc2cnnc(Nc3c(F)cccc3F)n2)c(C)c1. The van der Waals surface area contributed by atoms with Gasteiger partial charge in [0.1, 0.15) is 17.3 Å². The molecule has 24 heavy (non-hydrogen) atoms. The Labute approximate surface area is 137 Å². The van der Waals surface area contributed by atoms with Crippen molar-refractivity contribution < 1.29 is 8.78 Å². The first-order valence-corrected chi connectivity index (χ1v) is 7.28. The molecule has 0 atom stereocenters. The van der Waals surface area contributed by atoms with E-state index in [1.807, 2.05) is 32.0 Å². The summed E-state index contributed by atoms with van der Waals surface area (Å²) >= 11 is 0. The van der Waals surface area contributed by atoms with E-state index in [9.17, 15) is 8.78 Å². The smallest absolute Gasteiger partial charge is 0.249 e. The van der Waals surface area contributed by atoms with Crippen LogP contribution in [0.4, 0.5) is 31.9 Å². The van der Waals surface area contributed by atoms with E-state index in [0.717, 1.165) is 28.9 Å². The first-order chi connectivity index (χ1) is 11.5. The number of halogens is 2. The first kappa shape index (κ1) is 15.8. The van der Waals surface area contributed by atoms with Crippen molar-refractivity contribution in [1.29, 1.82) is 0 Å². The van der Waals surface area contributed by atoms with Gasteiger partial charge >= 0.3 is 0 Å². The number of anilines is 4. The molecule has 0 amide bonds. The number of nitrogens with one attached hydrogen (secondary N) is 2. The zero-order valence-electron chi connectivity index (χ0n) is 13.1. The molecule has 2 N–H and O–H groups in total. The molecule has 7 heteroatoms. The monoisotopic (exact) mass is 327 g/mol. The van der Waals surface area contributed by atoms with Crippen molar-refractivity contribution in [3.63, 3.8) is 0 Å². The summed E-state index contributed by atoms with van der Waals surface area (Å²) in [5.74, 6) is -1.05. The van der Waals surface area contributed by atoms with Crippen molar-refractivity contribution >= 4 is 23.1 Å². The summed E-state index contributed by atoms with van der Waals surface area (Å²) in [5, 5.41) is 13.2. The second-order valence-electron chi connectivity index (χ2n) is 5.33. The molecule has 0 radical (unpaired) electrons. The van der Waals surface area contributed by atoms with Gasteiger partial charge in [0.25, 0.3) is 0 Å². The van der Waals surface area contributed by atoms with Crippen LogP contribution in [0.5, 0.6) is 0 Å². The fraction of sp³-hybridized carbons (Fsp3) is 0.118. The highest BCUT2D eigenvalue weighted by molar-refractivity contribution is 5.62. The summed E-state index contributed by atoms with van der Waals surface area (Å²) in [7, 11) is 0. The fourth-order valence-corrected chi connectivity index (χ4v) is 2.24. The van der Waals surface area contributed by atoms with Crippen LogP contribution in [0.3, 0.4) is 0 Å². The van der Waals surface area contributed by atoms with Crippen molar-refractivity contribution in [2.24, 2.45) is 0 Å². The van der Waals surface area contributed by atoms with E-state index >= 15 is 0 Å². The molecule has 0 aliphatic carbocycles. The lowest BCUT2D eigenvalue weighted by molar-refractivity contribution is 0.590. The van der Waals surface area contributed by atoms with E-state index in [1.54, 1.807) is 0 Å². The van der Waals surface area contributed by atoms with Crippen LogP contribution in [0, 0.1) is 25.5 Å². The van der Waals surface area contributed by atoms with Gasteiger partial charge in [0, 0.05) is 5.69 Å². The first-order valence-electron chi connectivity index (χ1n) is 7.28. The summed E-state index contributed by atoms with van der Waals surface area (Å²) in [5.41, 5.74) is 2.74. The Morgan fingerprint density at radius 2 is 1.71 bits per heavy atom. The van der Waals surface area contributed by atoms with E-state index in [-0.39, 0.29) is 11.6 Å². The summed E-state index contributed by atoms with van der Waals surface area (Å²) in [6.07, 6.45) is 1.43. The number of hydrogen-bond acceptors (Lipinski definition) is 5. The second kappa shape index (κ2) is 6.57. The molecule has 1 aromatic heterocycles. The van der Waals surface area contributed by atoms with Crippen LogP contribution in [0.2, 0.25) is 0 Å². The molecule has 3 aromatic rings. The van der Waals surface area contributed by atoms with Gasteiger partial charge in [-0.25, -0.2) is 8.78 Å². The van der Waals surface area contributed by atoms with E-state index in [2.05, 4.69) is 25.8 Å². The summed E-state index contributed by atoms with van der Waals surface area (Å²) in [6, 6.07) is 9.51. The summed E-state index contributed by atoms with van der Waals surface area (Å²) < 4.78 is 27.4. The van der Waals surface area contributed by atoms with Crippen molar-refractivity contribution in [3.05, 3.63) is 65.4 Å². The van der Waals surface area contributed by atoms with Crippen LogP contribution in [0.1, 0.15) is 11.1 Å². The van der Waals surface area contributed by atoms with Crippen molar-refractivity contribution in [1.82, 2.24) is 15.2 Å². The number of aromatic nitrogens is 3. The standard InChI is InChI=1S/C17H15F2N5/c1-10-6-7-14(11(2)8-10)21-15-9-20-24-17(22-15)23-16-12(18)4-3-5-13(16)19/h3-9H,1-2H3,(H2,21,22,23,24). The zero-order chi connectivity index (χ0) is 17.1. The van der Waals surface area contributed by atoms with E-state index < -0.39 is 11.6 Å². The molecule has 0 aliphatic heterocycles. The lowest BCUT2D eigenvalue weighted by atomic mass is 10.1. The predicted octanol–water partition coefficient (Wildman–Crippen LogP) is 4.25. The van der Waals surface area contributed by atoms with Gasteiger partial charge in [0.05, 0.1) is 6.20 Å². The maximum atomic E-state index is 13.7. The van der Waals surface area contributed by atoms with E-state index in [0.29, 0.717) is 5.82 Å². The van der Waals surface area contributed by atoms with Crippen molar-refractivity contribution in [3.8, 4) is 0 Å². The Hall–Kier alpha value is -3.09. The zero-order valence-corrected chi connectivity index (χ0v) is 13.1. The molecule has 5 nitrogen and oxygen atoms in total. The summed E-state index contributed by atoms with van der Waals surface area (Å²) in [6.45, 7) is 3.98. The van der Waals surface area contributed by atoms with Crippen LogP contribution >= 0.6 is 0 Å². The third kappa shape index (κ3) is 3.45. The molecule has 0 saturated carbocycles. The van der Waals surface area contributed by atoms with Gasteiger partial charge in [-0.1, -0.05) is 23.8 Å². The molecule has 2 aromatic carbocycles. The maximum absolute atomic E-state index is 13.7. The van der Waals surface area contributed by atoms with Gasteiger partial charge < -0.3 is 10.6 Å².